The Labute approximate surface area is 277 Å². The Hall–Kier alpha value is -5.18. The molecule has 1 unspecified atom stereocenters. The largest absolute Gasteiger partial charge is 0.493 e. The van der Waals surface area contributed by atoms with Crippen LogP contribution in [-0.2, 0) is 25.6 Å². The molecule has 2 aromatic carbocycles. The van der Waals surface area contributed by atoms with Gasteiger partial charge in [-0.25, -0.2) is 14.6 Å². The third kappa shape index (κ3) is 13.4. The molecule has 3 rings (SSSR count). The number of alkyl carbamates (subject to hydrolysis) is 1. The summed E-state index contributed by atoms with van der Waals surface area (Å²) in [6, 6.07) is 15.0. The lowest BCUT2D eigenvalue weighted by atomic mass is 10.0. The summed E-state index contributed by atoms with van der Waals surface area (Å²) in [6.45, 7) is 5.89. The molecule has 252 valence electrons. The van der Waals surface area contributed by atoms with Crippen molar-refractivity contribution in [1.82, 2.24) is 26.3 Å². The zero-order chi connectivity index (χ0) is 34.2. The Morgan fingerprint density at radius 1 is 0.936 bits per heavy atom. The van der Waals surface area contributed by atoms with E-state index in [2.05, 4.69) is 31.6 Å². The molecular formula is C32H40N6O8S. The van der Waals surface area contributed by atoms with Crippen LogP contribution in [0.5, 0.6) is 5.75 Å². The number of carbonyl (C=O) groups is 5. The molecule has 1 aromatic heterocycles. The third-order valence-corrected chi connectivity index (χ3v) is 6.92. The zero-order valence-corrected chi connectivity index (χ0v) is 27.5. The van der Waals surface area contributed by atoms with Crippen molar-refractivity contribution < 1.29 is 38.2 Å². The van der Waals surface area contributed by atoms with Crippen molar-refractivity contribution in [3.63, 3.8) is 0 Å². The fourth-order valence-electron chi connectivity index (χ4n) is 3.99. The fourth-order valence-corrected chi connectivity index (χ4v) is 4.67. The maximum atomic E-state index is 12.6. The first-order valence-electron chi connectivity index (χ1n) is 14.8. The van der Waals surface area contributed by atoms with Crippen LogP contribution in [0.1, 0.15) is 61.3 Å². The number of hydrogen-bond acceptors (Lipinski definition) is 10. The van der Waals surface area contributed by atoms with Crippen molar-refractivity contribution in [2.24, 2.45) is 0 Å². The summed E-state index contributed by atoms with van der Waals surface area (Å²) in [5.41, 5.74) is 0.901. The van der Waals surface area contributed by atoms with E-state index in [1.807, 2.05) is 24.3 Å². The van der Waals surface area contributed by atoms with E-state index in [9.17, 15) is 24.0 Å². The molecule has 5 N–H and O–H groups in total. The molecule has 0 saturated heterocycles. The van der Waals surface area contributed by atoms with Gasteiger partial charge >= 0.3 is 18.1 Å². The number of carbonyl (C=O) groups excluding carboxylic acids is 5. The molecule has 47 heavy (non-hydrogen) atoms. The van der Waals surface area contributed by atoms with Gasteiger partial charge in [0.1, 0.15) is 17.0 Å². The highest BCUT2D eigenvalue weighted by Crippen LogP contribution is 2.19. The number of para-hydroxylation sites is 1. The lowest BCUT2D eigenvalue weighted by molar-refractivity contribution is -0.141. The lowest BCUT2D eigenvalue weighted by Gasteiger charge is -2.19. The lowest BCUT2D eigenvalue weighted by Crippen LogP contribution is -2.39. The predicted octanol–water partition coefficient (Wildman–Crippen LogP) is 3.91. The monoisotopic (exact) mass is 668 g/mol. The third-order valence-electron chi connectivity index (χ3n) is 6.16. The molecule has 0 aliphatic carbocycles. The maximum absolute atomic E-state index is 12.6. The average Bonchev–Trinajstić information content (AvgIpc) is 3.50. The van der Waals surface area contributed by atoms with Gasteiger partial charge in [0.25, 0.3) is 5.91 Å². The van der Waals surface area contributed by atoms with Gasteiger partial charge < -0.3 is 35.5 Å². The Morgan fingerprint density at radius 3 is 2.38 bits per heavy atom. The van der Waals surface area contributed by atoms with Gasteiger partial charge in [0, 0.05) is 24.0 Å². The van der Waals surface area contributed by atoms with E-state index in [0.29, 0.717) is 30.9 Å². The van der Waals surface area contributed by atoms with Gasteiger partial charge in [0.2, 0.25) is 5.91 Å². The Kier molecular flexibility index (Phi) is 14.0. The topological polar surface area (TPSA) is 186 Å². The number of rotatable bonds is 15. The molecule has 0 aliphatic heterocycles. The number of ether oxygens (including phenoxy) is 3. The highest BCUT2D eigenvalue weighted by molar-refractivity contribution is 7.14. The minimum atomic E-state index is -0.631. The predicted molar refractivity (Wildman–Crippen MR) is 175 cm³/mol. The number of amides is 5. The molecule has 0 fully saturated rings. The van der Waals surface area contributed by atoms with Crippen LogP contribution in [0.4, 0.5) is 14.7 Å². The summed E-state index contributed by atoms with van der Waals surface area (Å²) in [6.07, 6.45) is -0.0120. The van der Waals surface area contributed by atoms with Crippen molar-refractivity contribution in [3.8, 4) is 5.75 Å². The summed E-state index contributed by atoms with van der Waals surface area (Å²) in [7, 11) is 1.27. The normalized spacial score (nSPS) is 11.4. The van der Waals surface area contributed by atoms with Crippen molar-refractivity contribution in [2.75, 3.05) is 32.1 Å². The van der Waals surface area contributed by atoms with Gasteiger partial charge in [0.05, 0.1) is 32.7 Å². The van der Waals surface area contributed by atoms with Gasteiger partial charge in [-0.3, -0.25) is 19.7 Å². The van der Waals surface area contributed by atoms with Crippen molar-refractivity contribution >= 4 is 46.4 Å². The van der Waals surface area contributed by atoms with Crippen molar-refractivity contribution in [3.05, 3.63) is 76.8 Å². The smallest absolute Gasteiger partial charge is 0.407 e. The number of benzene rings is 2. The molecule has 1 atom stereocenters. The highest BCUT2D eigenvalue weighted by atomic mass is 32.1. The van der Waals surface area contributed by atoms with Crippen LogP contribution < -0.4 is 31.3 Å². The first kappa shape index (κ1) is 36.3. The highest BCUT2D eigenvalue weighted by Gasteiger charge is 2.20. The van der Waals surface area contributed by atoms with Gasteiger partial charge in [-0.15, -0.1) is 11.3 Å². The number of urea groups is 1. The second kappa shape index (κ2) is 18.1. The number of thiazole rings is 1. The molecule has 0 aliphatic rings. The molecule has 3 aromatic rings. The number of methoxy groups -OCH3 is 1. The number of aromatic nitrogens is 1. The Morgan fingerprint density at radius 2 is 1.66 bits per heavy atom. The second-order valence-electron chi connectivity index (χ2n) is 11.1. The molecule has 0 bridgehead atoms. The second-order valence-corrected chi connectivity index (χ2v) is 11.9. The SMILES string of the molecule is COC(=O)CC(NC(=O)CNC(=O)c1csc(NC(=O)NCc2ccccc2OCCCNC(=O)OC(C)(C)C)n1)c1ccccc1. The van der Waals surface area contributed by atoms with E-state index >= 15 is 0 Å². The number of esters is 1. The molecule has 0 radical (unpaired) electrons. The summed E-state index contributed by atoms with van der Waals surface area (Å²) in [5, 5.41) is 14.8. The minimum absolute atomic E-state index is 0.0205. The minimum Gasteiger partial charge on any atom is -0.493 e. The van der Waals surface area contributed by atoms with Gasteiger partial charge in [-0.2, -0.15) is 0 Å². The zero-order valence-electron chi connectivity index (χ0n) is 26.7. The van der Waals surface area contributed by atoms with Crippen LogP contribution in [0, 0.1) is 0 Å². The first-order chi connectivity index (χ1) is 22.4. The molecule has 1 heterocycles. The van der Waals surface area contributed by atoms with Crippen LogP contribution >= 0.6 is 11.3 Å². The standard InChI is InChI=1S/C32H40N6O8S/c1-32(2,3)46-31(43)33-15-10-16-45-25-14-9-8-13-22(25)18-35-29(42)38-30-37-24(20-47-30)28(41)34-19-26(39)36-23(17-27(40)44-4)21-11-6-5-7-12-21/h5-9,11-14,20,23H,10,15-19H2,1-4H3,(H,33,43)(H,34,41)(H,36,39)(H2,35,37,38,42). The van der Waals surface area contributed by atoms with Gasteiger partial charge in [-0.1, -0.05) is 48.5 Å². The van der Waals surface area contributed by atoms with Crippen molar-refractivity contribution in [1.29, 1.82) is 0 Å². The maximum Gasteiger partial charge on any atom is 0.407 e. The Balaban J connectivity index is 1.41. The summed E-state index contributed by atoms with van der Waals surface area (Å²) < 4.78 is 15.8. The fraction of sp³-hybridized carbons (Fsp3) is 0.375. The molecular weight excluding hydrogens is 628 g/mol. The van der Waals surface area contributed by atoms with E-state index in [-0.39, 0.29) is 30.3 Å². The van der Waals surface area contributed by atoms with E-state index < -0.39 is 41.6 Å². The van der Waals surface area contributed by atoms with Crippen molar-refractivity contribution in [2.45, 2.75) is 51.8 Å². The molecule has 0 spiro atoms. The van der Waals surface area contributed by atoms with Crippen LogP contribution in [0.3, 0.4) is 0 Å². The van der Waals surface area contributed by atoms with E-state index in [1.54, 1.807) is 51.1 Å². The first-order valence-corrected chi connectivity index (χ1v) is 15.7. The van der Waals surface area contributed by atoms with Gasteiger partial charge in [-0.05, 0) is 38.8 Å². The number of anilines is 1. The van der Waals surface area contributed by atoms with E-state index in [0.717, 1.165) is 16.9 Å². The number of hydrogen-bond donors (Lipinski definition) is 5. The summed E-state index contributed by atoms with van der Waals surface area (Å²) in [5.74, 6) is -1.02. The van der Waals surface area contributed by atoms with Crippen LogP contribution in [0.15, 0.2) is 60.0 Å². The van der Waals surface area contributed by atoms with E-state index in [1.165, 1.54) is 12.5 Å². The van der Waals surface area contributed by atoms with Crippen LogP contribution in [-0.4, -0.2) is 67.3 Å². The summed E-state index contributed by atoms with van der Waals surface area (Å²) in [4.78, 5) is 65.4. The summed E-state index contributed by atoms with van der Waals surface area (Å²) >= 11 is 1.04. The number of nitrogens with one attached hydrogen (secondary N) is 5. The molecule has 14 nitrogen and oxygen atoms in total. The molecule has 5 amide bonds. The van der Waals surface area contributed by atoms with Crippen LogP contribution in [0.25, 0.3) is 0 Å². The average molecular weight is 669 g/mol. The molecule has 15 heteroatoms. The van der Waals surface area contributed by atoms with E-state index in [4.69, 9.17) is 14.2 Å². The van der Waals surface area contributed by atoms with Gasteiger partial charge in [0.15, 0.2) is 5.13 Å². The Bertz CT molecular complexity index is 1510. The van der Waals surface area contributed by atoms with Crippen LogP contribution in [0.2, 0.25) is 0 Å². The number of nitrogens with zero attached hydrogens (tertiary/aromatic N) is 1. The quantitative estimate of drug-likeness (QED) is 0.118. The molecule has 0 saturated carbocycles.